The smallest absolute Gasteiger partial charge is 0.274 e. The first-order valence-electron chi connectivity index (χ1n) is 10.2. The van der Waals surface area contributed by atoms with E-state index in [1.165, 1.54) is 0 Å². The van der Waals surface area contributed by atoms with Crippen LogP contribution in [-0.2, 0) is 0 Å². The number of carbonyl (C=O) groups excluding carboxylic acids is 1. The van der Waals surface area contributed by atoms with Crippen LogP contribution in [0, 0.1) is 18.3 Å². The van der Waals surface area contributed by atoms with Crippen molar-refractivity contribution in [1.82, 2.24) is 20.0 Å². The first-order chi connectivity index (χ1) is 14.6. The van der Waals surface area contributed by atoms with Crippen molar-refractivity contribution in [3.05, 3.63) is 71.4 Å². The fraction of sp³-hybridized carbons (Fsp3) is 0.292. The molecule has 1 fully saturated rings. The van der Waals surface area contributed by atoms with Crippen LogP contribution < -0.4 is 5.32 Å². The van der Waals surface area contributed by atoms with Crippen molar-refractivity contribution in [2.24, 2.45) is 0 Å². The number of nitriles is 1. The van der Waals surface area contributed by atoms with Crippen molar-refractivity contribution in [3.8, 4) is 23.0 Å². The van der Waals surface area contributed by atoms with Gasteiger partial charge >= 0.3 is 0 Å². The van der Waals surface area contributed by atoms with Gasteiger partial charge in [-0.15, -0.1) is 0 Å². The number of likely N-dealkylation sites (N-methyl/N-ethyl adjacent to an activating group) is 1. The minimum absolute atomic E-state index is 0.0456. The third-order valence-corrected chi connectivity index (χ3v) is 5.63. The molecule has 4 rings (SSSR count). The van der Waals surface area contributed by atoms with Crippen LogP contribution in [0.4, 0.5) is 0 Å². The second kappa shape index (κ2) is 8.52. The van der Waals surface area contributed by atoms with Crippen molar-refractivity contribution >= 4 is 5.91 Å². The maximum Gasteiger partial charge on any atom is 0.274 e. The number of hydrogen-bond acceptors (Lipinski definition) is 4. The highest BCUT2D eigenvalue weighted by atomic mass is 16.2. The van der Waals surface area contributed by atoms with Crippen LogP contribution in [0.15, 0.2) is 54.6 Å². The molecular formula is C24H25N5O. The molecule has 0 bridgehead atoms. The largest absolute Gasteiger partial charge is 0.336 e. The lowest BCUT2D eigenvalue weighted by atomic mass is 10.1. The van der Waals surface area contributed by atoms with Gasteiger partial charge in [0.15, 0.2) is 5.69 Å². The normalized spacial score (nSPS) is 16.3. The Morgan fingerprint density at radius 3 is 2.57 bits per heavy atom. The number of aryl methyl sites for hydroxylation is 1. The van der Waals surface area contributed by atoms with Gasteiger partial charge in [-0.3, -0.25) is 4.79 Å². The summed E-state index contributed by atoms with van der Waals surface area (Å²) in [4.78, 5) is 15.1. The second-order valence-corrected chi connectivity index (χ2v) is 7.73. The molecule has 30 heavy (non-hydrogen) atoms. The van der Waals surface area contributed by atoms with Crippen LogP contribution in [0.25, 0.3) is 16.9 Å². The lowest BCUT2D eigenvalue weighted by molar-refractivity contribution is 0.0691. The fourth-order valence-electron chi connectivity index (χ4n) is 3.85. The molecule has 6 heteroatoms. The Morgan fingerprint density at radius 2 is 1.90 bits per heavy atom. The van der Waals surface area contributed by atoms with E-state index in [2.05, 4.69) is 11.4 Å². The van der Waals surface area contributed by atoms with E-state index >= 15 is 0 Å². The van der Waals surface area contributed by atoms with E-state index in [1.807, 2.05) is 66.0 Å². The summed E-state index contributed by atoms with van der Waals surface area (Å²) in [5.74, 6) is -0.0456. The van der Waals surface area contributed by atoms with Gasteiger partial charge in [-0.1, -0.05) is 29.8 Å². The van der Waals surface area contributed by atoms with E-state index < -0.39 is 0 Å². The second-order valence-electron chi connectivity index (χ2n) is 7.73. The highest BCUT2D eigenvalue weighted by Gasteiger charge is 2.26. The predicted molar refractivity (Wildman–Crippen MR) is 116 cm³/mol. The standard InChI is InChI=1S/C24H25N5O/c1-17-5-11-21(12-6-17)29-23(19-9-7-18(15-25)8-10-19)14-22(27-29)24(30)28-13-3-4-20(16-28)26-2/h5-12,14,20,26H,3-4,13,16H2,1-2H3. The quantitative estimate of drug-likeness (QED) is 0.728. The van der Waals surface area contributed by atoms with E-state index in [0.717, 1.165) is 41.9 Å². The molecule has 0 aliphatic carbocycles. The van der Waals surface area contributed by atoms with E-state index in [0.29, 0.717) is 23.8 Å². The van der Waals surface area contributed by atoms with Crippen molar-refractivity contribution in [3.63, 3.8) is 0 Å². The number of rotatable bonds is 4. The Hall–Kier alpha value is -3.43. The molecule has 152 valence electrons. The van der Waals surface area contributed by atoms with Crippen molar-refractivity contribution in [2.45, 2.75) is 25.8 Å². The SMILES string of the molecule is CNC1CCCN(C(=O)c2cc(-c3ccc(C#N)cc3)n(-c3ccc(C)cc3)n2)C1. The molecule has 0 spiro atoms. The molecule has 0 saturated carbocycles. The molecule has 3 aromatic rings. The third-order valence-electron chi connectivity index (χ3n) is 5.63. The number of benzene rings is 2. The lowest BCUT2D eigenvalue weighted by Crippen LogP contribution is -2.47. The van der Waals surface area contributed by atoms with Gasteiger partial charge in [0.2, 0.25) is 0 Å². The van der Waals surface area contributed by atoms with E-state index in [4.69, 9.17) is 10.4 Å². The first kappa shape index (κ1) is 19.9. The highest BCUT2D eigenvalue weighted by molar-refractivity contribution is 5.93. The molecule has 6 nitrogen and oxygen atoms in total. The molecule has 1 saturated heterocycles. The Bertz CT molecular complexity index is 1080. The van der Waals surface area contributed by atoms with Crippen molar-refractivity contribution in [2.75, 3.05) is 20.1 Å². The van der Waals surface area contributed by atoms with Gasteiger partial charge in [0, 0.05) is 24.7 Å². The summed E-state index contributed by atoms with van der Waals surface area (Å²) < 4.78 is 1.81. The van der Waals surface area contributed by atoms with Crippen LogP contribution in [0.3, 0.4) is 0 Å². The third kappa shape index (κ3) is 3.98. The van der Waals surface area contributed by atoms with Crippen LogP contribution >= 0.6 is 0 Å². The summed E-state index contributed by atoms with van der Waals surface area (Å²) in [5, 5.41) is 17.1. The van der Waals surface area contributed by atoms with Gasteiger partial charge < -0.3 is 10.2 Å². The summed E-state index contributed by atoms with van der Waals surface area (Å²) >= 11 is 0. The molecule has 1 unspecified atom stereocenters. The van der Waals surface area contributed by atoms with Gasteiger partial charge in [-0.05, 0) is 57.1 Å². The van der Waals surface area contributed by atoms with E-state index in [-0.39, 0.29) is 5.91 Å². The number of carbonyl (C=O) groups is 1. The van der Waals surface area contributed by atoms with Crippen LogP contribution in [0.2, 0.25) is 0 Å². The zero-order chi connectivity index (χ0) is 21.1. The van der Waals surface area contributed by atoms with E-state index in [9.17, 15) is 4.79 Å². The number of hydrogen-bond donors (Lipinski definition) is 1. The number of nitrogens with zero attached hydrogens (tertiary/aromatic N) is 4. The maximum atomic E-state index is 13.2. The summed E-state index contributed by atoms with van der Waals surface area (Å²) in [5.41, 5.74) is 4.83. The molecule has 1 atom stereocenters. The topological polar surface area (TPSA) is 74.0 Å². The number of amides is 1. The minimum Gasteiger partial charge on any atom is -0.336 e. The van der Waals surface area contributed by atoms with E-state index in [1.54, 1.807) is 12.1 Å². The van der Waals surface area contributed by atoms with Crippen molar-refractivity contribution < 1.29 is 4.79 Å². The Balaban J connectivity index is 1.74. The molecule has 0 radical (unpaired) electrons. The molecular weight excluding hydrogens is 374 g/mol. The number of piperidine rings is 1. The fourth-order valence-corrected chi connectivity index (χ4v) is 3.85. The summed E-state index contributed by atoms with van der Waals surface area (Å²) in [6.07, 6.45) is 2.06. The van der Waals surface area contributed by atoms with Crippen LogP contribution in [-0.4, -0.2) is 46.8 Å². The van der Waals surface area contributed by atoms with Gasteiger partial charge in [0.05, 0.1) is 23.0 Å². The number of likely N-dealkylation sites (tertiary alicyclic amines) is 1. The van der Waals surface area contributed by atoms with Gasteiger partial charge in [0.1, 0.15) is 0 Å². The summed E-state index contributed by atoms with van der Waals surface area (Å²) in [7, 11) is 1.94. The maximum absolute atomic E-state index is 13.2. The monoisotopic (exact) mass is 399 g/mol. The van der Waals surface area contributed by atoms with Gasteiger partial charge in [-0.2, -0.15) is 10.4 Å². The zero-order valence-electron chi connectivity index (χ0n) is 17.3. The molecule has 1 aliphatic heterocycles. The summed E-state index contributed by atoms with van der Waals surface area (Å²) in [6.45, 7) is 3.48. The minimum atomic E-state index is -0.0456. The predicted octanol–water partition coefficient (Wildman–Crippen LogP) is 3.54. The molecule has 1 aliphatic rings. The number of aromatic nitrogens is 2. The number of nitrogens with one attached hydrogen (secondary N) is 1. The summed E-state index contributed by atoms with van der Waals surface area (Å²) in [6, 6.07) is 19.7. The Labute approximate surface area is 176 Å². The van der Waals surface area contributed by atoms with Gasteiger partial charge in [0.25, 0.3) is 5.91 Å². The van der Waals surface area contributed by atoms with Crippen molar-refractivity contribution in [1.29, 1.82) is 5.26 Å². The van der Waals surface area contributed by atoms with Crippen LogP contribution in [0.5, 0.6) is 0 Å². The lowest BCUT2D eigenvalue weighted by Gasteiger charge is -2.32. The average molecular weight is 399 g/mol. The Morgan fingerprint density at radius 1 is 1.17 bits per heavy atom. The van der Waals surface area contributed by atoms with Gasteiger partial charge in [-0.25, -0.2) is 4.68 Å². The molecule has 2 aromatic carbocycles. The molecule has 2 heterocycles. The molecule has 1 N–H and O–H groups in total. The molecule has 1 aromatic heterocycles. The first-order valence-corrected chi connectivity index (χ1v) is 10.2. The molecule has 1 amide bonds. The zero-order valence-corrected chi connectivity index (χ0v) is 17.3. The average Bonchev–Trinajstić information content (AvgIpc) is 3.24. The highest BCUT2D eigenvalue weighted by Crippen LogP contribution is 2.26. The van der Waals surface area contributed by atoms with Crippen LogP contribution in [0.1, 0.15) is 34.5 Å². The Kier molecular flexibility index (Phi) is 5.64.